The lowest BCUT2D eigenvalue weighted by molar-refractivity contribution is 0.396. The second-order valence-corrected chi connectivity index (χ2v) is 9.80. The minimum atomic E-state index is 0.00448. The van der Waals surface area contributed by atoms with Gasteiger partial charge in [-0.05, 0) is 61.7 Å². The number of methoxy groups -OCH3 is 1. The quantitative estimate of drug-likeness (QED) is 0.271. The maximum Gasteiger partial charge on any atom is 0.238 e. The fourth-order valence-electron chi connectivity index (χ4n) is 4.73. The van der Waals surface area contributed by atoms with Crippen LogP contribution in [0.15, 0.2) is 61.2 Å². The summed E-state index contributed by atoms with van der Waals surface area (Å²) >= 11 is 12.7. The van der Waals surface area contributed by atoms with Crippen LogP contribution in [0.25, 0.3) is 28.5 Å². The highest BCUT2D eigenvalue weighted by atomic mass is 35.5. The molecule has 4 aromatic heterocycles. The van der Waals surface area contributed by atoms with Crippen molar-refractivity contribution in [2.75, 3.05) is 7.11 Å². The maximum absolute atomic E-state index is 6.71. The molecule has 1 atom stereocenters. The van der Waals surface area contributed by atoms with Crippen LogP contribution in [0.2, 0.25) is 10.0 Å². The van der Waals surface area contributed by atoms with E-state index in [-0.39, 0.29) is 5.92 Å². The summed E-state index contributed by atoms with van der Waals surface area (Å²) in [6, 6.07) is 13.6. The van der Waals surface area contributed by atoms with Crippen LogP contribution in [0, 0.1) is 6.92 Å². The molecule has 0 amide bonds. The Morgan fingerprint density at radius 3 is 2.62 bits per heavy atom. The standard InChI is InChI=1S/C27H23Cl2N7O/c1-16-14-35(15-31-16)24-10-9-23(32-27(24)37-2)25-33-26-19(4-3-11-36(26)34-25)20-12-17(5-7-21(20)29)22-8-6-18(28)13-30-22/h5-10,12-15,19H,3-4,11H2,1-2H3/t19-/m1/s1. The van der Waals surface area contributed by atoms with Crippen LogP contribution in [-0.4, -0.2) is 41.4 Å². The van der Waals surface area contributed by atoms with Crippen LogP contribution in [-0.2, 0) is 6.54 Å². The summed E-state index contributed by atoms with van der Waals surface area (Å²) in [6.07, 6.45) is 7.20. The van der Waals surface area contributed by atoms with Crippen LogP contribution in [0.5, 0.6) is 5.88 Å². The first-order valence-electron chi connectivity index (χ1n) is 11.9. The van der Waals surface area contributed by atoms with Crippen molar-refractivity contribution in [2.24, 2.45) is 0 Å². The first-order chi connectivity index (χ1) is 18.0. The number of imidazole rings is 1. The third-order valence-corrected chi connectivity index (χ3v) is 7.09. The smallest absolute Gasteiger partial charge is 0.238 e. The fraction of sp³-hybridized carbons (Fsp3) is 0.222. The van der Waals surface area contributed by atoms with E-state index in [9.17, 15) is 0 Å². The minimum absolute atomic E-state index is 0.00448. The number of aromatic nitrogens is 7. The van der Waals surface area contributed by atoms with Crippen molar-refractivity contribution >= 4 is 23.2 Å². The van der Waals surface area contributed by atoms with Gasteiger partial charge in [0.2, 0.25) is 5.88 Å². The molecule has 0 unspecified atom stereocenters. The molecule has 0 spiro atoms. The van der Waals surface area contributed by atoms with E-state index in [2.05, 4.69) is 16.0 Å². The van der Waals surface area contributed by atoms with E-state index < -0.39 is 0 Å². The molecule has 6 rings (SSSR count). The van der Waals surface area contributed by atoms with E-state index in [0.29, 0.717) is 27.4 Å². The van der Waals surface area contributed by atoms with Gasteiger partial charge in [0, 0.05) is 35.4 Å². The third-order valence-electron chi connectivity index (χ3n) is 6.52. The highest BCUT2D eigenvalue weighted by Gasteiger charge is 2.28. The zero-order valence-corrected chi connectivity index (χ0v) is 21.8. The van der Waals surface area contributed by atoms with Crippen molar-refractivity contribution in [3.8, 4) is 34.3 Å². The van der Waals surface area contributed by atoms with Crippen LogP contribution in [0.1, 0.15) is 35.8 Å². The largest absolute Gasteiger partial charge is 0.479 e. The normalized spacial score (nSPS) is 15.0. The Morgan fingerprint density at radius 2 is 1.86 bits per heavy atom. The predicted octanol–water partition coefficient (Wildman–Crippen LogP) is 6.14. The summed E-state index contributed by atoms with van der Waals surface area (Å²) in [5, 5.41) is 6.09. The van der Waals surface area contributed by atoms with Crippen LogP contribution in [0.4, 0.5) is 0 Å². The Hall–Kier alpha value is -3.75. The predicted molar refractivity (Wildman–Crippen MR) is 142 cm³/mol. The molecule has 10 heteroatoms. The van der Waals surface area contributed by atoms with Gasteiger partial charge in [-0.2, -0.15) is 0 Å². The van der Waals surface area contributed by atoms with E-state index in [1.165, 1.54) is 0 Å². The van der Waals surface area contributed by atoms with Crippen LogP contribution < -0.4 is 4.74 Å². The van der Waals surface area contributed by atoms with E-state index in [0.717, 1.165) is 53.4 Å². The van der Waals surface area contributed by atoms with E-state index in [1.807, 2.05) is 58.8 Å². The van der Waals surface area contributed by atoms with E-state index in [1.54, 1.807) is 19.6 Å². The maximum atomic E-state index is 6.71. The van der Waals surface area contributed by atoms with Crippen molar-refractivity contribution in [1.29, 1.82) is 0 Å². The second kappa shape index (κ2) is 9.61. The number of rotatable bonds is 5. The number of ether oxygens (including phenoxy) is 1. The van der Waals surface area contributed by atoms with Gasteiger partial charge in [-0.25, -0.2) is 19.6 Å². The van der Waals surface area contributed by atoms with Crippen molar-refractivity contribution in [1.82, 2.24) is 34.3 Å². The first kappa shape index (κ1) is 23.6. The fourth-order valence-corrected chi connectivity index (χ4v) is 5.09. The van der Waals surface area contributed by atoms with Gasteiger partial charge in [-0.3, -0.25) is 4.98 Å². The molecular formula is C27H23Cl2N7O. The Bertz CT molecular complexity index is 1590. The number of aryl methyl sites for hydroxylation is 2. The SMILES string of the molecule is COc1nc(-c2nc3n(n2)CCC[C@@H]3c2cc(-c3ccc(Cl)cn3)ccc2Cl)ccc1-n1cnc(C)c1. The molecule has 1 aliphatic heterocycles. The molecule has 0 radical (unpaired) electrons. The number of fused-ring (bicyclic) bond motifs is 1. The molecular weight excluding hydrogens is 509 g/mol. The van der Waals surface area contributed by atoms with E-state index >= 15 is 0 Å². The number of nitrogens with zero attached hydrogens (tertiary/aromatic N) is 7. The number of halogens is 2. The van der Waals surface area contributed by atoms with Gasteiger partial charge in [0.15, 0.2) is 5.82 Å². The van der Waals surface area contributed by atoms with Crippen LogP contribution >= 0.6 is 23.2 Å². The molecule has 5 heterocycles. The molecule has 0 saturated heterocycles. The van der Waals surface area contributed by atoms with Gasteiger partial charge in [0.05, 0.1) is 29.8 Å². The molecule has 0 N–H and O–H groups in total. The Labute approximate surface area is 223 Å². The summed E-state index contributed by atoms with van der Waals surface area (Å²) in [5.41, 5.74) is 5.17. The van der Waals surface area contributed by atoms with Gasteiger partial charge in [-0.1, -0.05) is 29.3 Å². The zero-order chi connectivity index (χ0) is 25.5. The summed E-state index contributed by atoms with van der Waals surface area (Å²) in [4.78, 5) is 18.4. The van der Waals surface area contributed by atoms with Gasteiger partial charge >= 0.3 is 0 Å². The first-order valence-corrected chi connectivity index (χ1v) is 12.7. The second-order valence-electron chi connectivity index (χ2n) is 8.96. The molecule has 0 fully saturated rings. The average Bonchev–Trinajstić information content (AvgIpc) is 3.55. The average molecular weight is 532 g/mol. The highest BCUT2D eigenvalue weighted by molar-refractivity contribution is 6.31. The zero-order valence-electron chi connectivity index (χ0n) is 20.3. The lowest BCUT2D eigenvalue weighted by Gasteiger charge is -2.23. The molecule has 1 aromatic carbocycles. The molecule has 0 saturated carbocycles. The summed E-state index contributed by atoms with van der Waals surface area (Å²) in [7, 11) is 1.60. The monoisotopic (exact) mass is 531 g/mol. The number of hydrogen-bond donors (Lipinski definition) is 0. The summed E-state index contributed by atoms with van der Waals surface area (Å²) in [5.74, 6) is 1.91. The molecule has 37 heavy (non-hydrogen) atoms. The van der Waals surface area contributed by atoms with Crippen molar-refractivity contribution in [3.05, 3.63) is 88.3 Å². The Morgan fingerprint density at radius 1 is 1.00 bits per heavy atom. The van der Waals surface area contributed by atoms with Gasteiger partial charge < -0.3 is 9.30 Å². The van der Waals surface area contributed by atoms with Crippen molar-refractivity contribution in [2.45, 2.75) is 32.2 Å². The molecule has 5 aromatic rings. The molecule has 8 nitrogen and oxygen atoms in total. The summed E-state index contributed by atoms with van der Waals surface area (Å²) < 4.78 is 9.44. The molecule has 1 aliphatic rings. The Balaban J connectivity index is 1.37. The van der Waals surface area contributed by atoms with E-state index in [4.69, 9.17) is 43.0 Å². The number of pyridine rings is 2. The lowest BCUT2D eigenvalue weighted by atomic mass is 9.89. The van der Waals surface area contributed by atoms with Crippen molar-refractivity contribution in [3.63, 3.8) is 0 Å². The lowest BCUT2D eigenvalue weighted by Crippen LogP contribution is -2.18. The third kappa shape index (κ3) is 4.47. The summed E-state index contributed by atoms with van der Waals surface area (Å²) in [6.45, 7) is 2.73. The van der Waals surface area contributed by atoms with Crippen molar-refractivity contribution < 1.29 is 4.74 Å². The van der Waals surface area contributed by atoms with Gasteiger partial charge in [-0.15, -0.1) is 5.10 Å². The number of benzene rings is 1. The van der Waals surface area contributed by atoms with Crippen LogP contribution in [0.3, 0.4) is 0 Å². The van der Waals surface area contributed by atoms with Gasteiger partial charge in [0.1, 0.15) is 17.2 Å². The molecule has 0 bridgehead atoms. The minimum Gasteiger partial charge on any atom is -0.479 e. The molecule has 186 valence electrons. The highest BCUT2D eigenvalue weighted by Crippen LogP contribution is 2.39. The topological polar surface area (TPSA) is 83.5 Å². The number of hydrogen-bond acceptors (Lipinski definition) is 6. The Kier molecular flexibility index (Phi) is 6.14. The molecule has 0 aliphatic carbocycles. The van der Waals surface area contributed by atoms with Gasteiger partial charge in [0.25, 0.3) is 0 Å².